The molecule has 0 spiro atoms. The number of anilines is 1. The molecule has 0 aliphatic rings. The van der Waals surface area contributed by atoms with Gasteiger partial charge in [-0.3, -0.25) is 13.9 Å². The highest BCUT2D eigenvalue weighted by atomic mass is 35.5. The van der Waals surface area contributed by atoms with Crippen LogP contribution in [0.3, 0.4) is 0 Å². The zero-order chi connectivity index (χ0) is 34.1. The van der Waals surface area contributed by atoms with Crippen LogP contribution in [0, 0.1) is 0 Å². The molecule has 47 heavy (non-hydrogen) atoms. The SMILES string of the molecule is CCOc1ccc(N(CC(=O)N(Cc2ccc(Cl)c(Cl)c2)[C@@H](Cc2ccccc2)C(=O)NC(C)C)S(=O)(=O)c2ccc(Cl)cc2)cc1. The molecule has 12 heteroatoms. The predicted octanol–water partition coefficient (Wildman–Crippen LogP) is 7.41. The number of halogens is 3. The molecule has 2 amide bonds. The van der Waals surface area contributed by atoms with Gasteiger partial charge in [-0.2, -0.15) is 0 Å². The molecule has 0 unspecified atom stereocenters. The molecule has 0 fully saturated rings. The molecule has 248 valence electrons. The van der Waals surface area contributed by atoms with Crippen molar-refractivity contribution < 1.29 is 22.7 Å². The second kappa shape index (κ2) is 16.4. The molecule has 0 radical (unpaired) electrons. The van der Waals surface area contributed by atoms with E-state index in [0.29, 0.717) is 28.0 Å². The van der Waals surface area contributed by atoms with Gasteiger partial charge in [-0.05, 0) is 92.6 Å². The Bertz CT molecular complexity index is 1770. The van der Waals surface area contributed by atoms with Gasteiger partial charge >= 0.3 is 0 Å². The Balaban J connectivity index is 1.82. The van der Waals surface area contributed by atoms with Crippen molar-refractivity contribution in [3.63, 3.8) is 0 Å². The summed E-state index contributed by atoms with van der Waals surface area (Å²) in [6.45, 7) is 5.27. The van der Waals surface area contributed by atoms with Crippen LogP contribution in [0.5, 0.6) is 5.75 Å². The normalized spacial score (nSPS) is 12.0. The lowest BCUT2D eigenvalue weighted by molar-refractivity contribution is -0.140. The number of nitrogens with one attached hydrogen (secondary N) is 1. The monoisotopic (exact) mass is 715 g/mol. The highest BCUT2D eigenvalue weighted by Crippen LogP contribution is 2.29. The van der Waals surface area contributed by atoms with Gasteiger partial charge in [-0.25, -0.2) is 8.42 Å². The van der Waals surface area contributed by atoms with E-state index in [1.54, 1.807) is 42.5 Å². The van der Waals surface area contributed by atoms with Crippen molar-refractivity contribution in [3.05, 3.63) is 123 Å². The van der Waals surface area contributed by atoms with E-state index < -0.39 is 28.5 Å². The fraction of sp³-hybridized carbons (Fsp3) is 0.257. The van der Waals surface area contributed by atoms with E-state index in [1.165, 1.54) is 29.2 Å². The van der Waals surface area contributed by atoms with E-state index in [1.807, 2.05) is 51.1 Å². The Labute approximate surface area is 291 Å². The minimum absolute atomic E-state index is 0.0448. The van der Waals surface area contributed by atoms with E-state index in [4.69, 9.17) is 39.5 Å². The molecule has 4 aromatic rings. The fourth-order valence-electron chi connectivity index (χ4n) is 4.91. The zero-order valence-corrected chi connectivity index (χ0v) is 29.3. The van der Waals surface area contributed by atoms with E-state index in [2.05, 4.69) is 5.32 Å². The molecule has 0 aliphatic carbocycles. The molecular weight excluding hydrogens is 681 g/mol. The van der Waals surface area contributed by atoms with Crippen molar-refractivity contribution in [2.45, 2.75) is 50.7 Å². The second-order valence-electron chi connectivity index (χ2n) is 11.0. The van der Waals surface area contributed by atoms with Crippen molar-refractivity contribution in [3.8, 4) is 5.75 Å². The molecule has 0 saturated carbocycles. The molecule has 1 N–H and O–H groups in total. The van der Waals surface area contributed by atoms with Gasteiger partial charge in [0, 0.05) is 24.0 Å². The predicted molar refractivity (Wildman–Crippen MR) is 188 cm³/mol. The van der Waals surface area contributed by atoms with E-state index >= 15 is 0 Å². The number of hydrogen-bond acceptors (Lipinski definition) is 5. The molecule has 4 aromatic carbocycles. The summed E-state index contributed by atoms with van der Waals surface area (Å²) in [5.74, 6) is -0.450. The standard InChI is InChI=1S/C35H36Cl3N3O5S/c1-4-46-29-15-13-28(14-16-29)41(47(44,45)30-17-11-27(36)12-18-30)23-34(42)40(22-26-10-19-31(37)32(38)20-26)33(35(43)39-24(2)3)21-25-8-6-5-7-9-25/h5-20,24,33H,4,21-23H2,1-3H3,(H,39,43)/t33-/m0/s1. The lowest BCUT2D eigenvalue weighted by Crippen LogP contribution is -2.54. The van der Waals surface area contributed by atoms with Gasteiger partial charge in [-0.15, -0.1) is 0 Å². The molecular formula is C35H36Cl3N3O5S. The van der Waals surface area contributed by atoms with Crippen molar-refractivity contribution in [2.24, 2.45) is 0 Å². The summed E-state index contributed by atoms with van der Waals surface area (Å²) in [5.41, 5.74) is 1.66. The molecule has 0 aliphatic heterocycles. The third-order valence-electron chi connectivity index (χ3n) is 7.16. The number of carbonyl (C=O) groups is 2. The topological polar surface area (TPSA) is 96.0 Å². The number of benzene rings is 4. The van der Waals surface area contributed by atoms with Gasteiger partial charge in [0.15, 0.2) is 0 Å². The first-order chi connectivity index (χ1) is 22.4. The zero-order valence-electron chi connectivity index (χ0n) is 26.2. The number of sulfonamides is 1. The smallest absolute Gasteiger partial charge is 0.264 e. The number of ether oxygens (including phenoxy) is 1. The Hall–Kier alpha value is -3.76. The molecule has 1 atom stereocenters. The van der Waals surface area contributed by atoms with Crippen LogP contribution in [0.4, 0.5) is 5.69 Å². The quantitative estimate of drug-likeness (QED) is 0.147. The summed E-state index contributed by atoms with van der Waals surface area (Å²) < 4.78 is 34.9. The average molecular weight is 717 g/mol. The van der Waals surface area contributed by atoms with Crippen LogP contribution in [-0.4, -0.2) is 50.4 Å². The van der Waals surface area contributed by atoms with Gasteiger partial charge in [-0.1, -0.05) is 71.2 Å². The average Bonchev–Trinajstić information content (AvgIpc) is 3.04. The number of hydrogen-bond donors (Lipinski definition) is 1. The molecule has 0 bridgehead atoms. The summed E-state index contributed by atoms with van der Waals surface area (Å²) in [5, 5.41) is 3.91. The van der Waals surface area contributed by atoms with E-state index in [0.717, 1.165) is 9.87 Å². The van der Waals surface area contributed by atoms with Crippen LogP contribution in [0.1, 0.15) is 31.9 Å². The number of rotatable bonds is 14. The second-order valence-corrected chi connectivity index (χ2v) is 14.1. The first-order valence-electron chi connectivity index (χ1n) is 15.0. The van der Waals surface area contributed by atoms with Crippen molar-refractivity contribution in [2.75, 3.05) is 17.5 Å². The summed E-state index contributed by atoms with van der Waals surface area (Å²) in [7, 11) is -4.29. The van der Waals surface area contributed by atoms with Crippen LogP contribution in [-0.2, 0) is 32.6 Å². The summed E-state index contributed by atoms with van der Waals surface area (Å²) >= 11 is 18.6. The van der Waals surface area contributed by atoms with Crippen LogP contribution in [0.2, 0.25) is 15.1 Å². The summed E-state index contributed by atoms with van der Waals surface area (Å²) in [4.78, 5) is 29.7. The molecule has 0 aromatic heterocycles. The van der Waals surface area contributed by atoms with Gasteiger partial charge in [0.25, 0.3) is 10.0 Å². The molecule has 8 nitrogen and oxygen atoms in total. The first-order valence-corrected chi connectivity index (χ1v) is 17.5. The molecule has 4 rings (SSSR count). The maximum Gasteiger partial charge on any atom is 0.264 e. The third-order valence-corrected chi connectivity index (χ3v) is 9.93. The summed E-state index contributed by atoms with van der Waals surface area (Å²) in [6, 6.07) is 25.1. The van der Waals surface area contributed by atoms with Gasteiger partial charge in [0.05, 0.1) is 27.2 Å². The first kappa shape index (κ1) is 36.1. The van der Waals surface area contributed by atoms with E-state index in [9.17, 15) is 18.0 Å². The Morgan fingerprint density at radius 1 is 0.830 bits per heavy atom. The van der Waals surface area contributed by atoms with Gasteiger partial charge in [0.1, 0.15) is 18.3 Å². The van der Waals surface area contributed by atoms with Crippen molar-refractivity contribution >= 4 is 62.3 Å². The van der Waals surface area contributed by atoms with Crippen molar-refractivity contribution in [1.82, 2.24) is 10.2 Å². The number of nitrogens with zero attached hydrogens (tertiary/aromatic N) is 2. The largest absolute Gasteiger partial charge is 0.494 e. The lowest BCUT2D eigenvalue weighted by Gasteiger charge is -2.34. The number of carbonyl (C=O) groups excluding carboxylic acids is 2. The lowest BCUT2D eigenvalue weighted by atomic mass is 10.0. The number of amides is 2. The Kier molecular flexibility index (Phi) is 12.6. The van der Waals surface area contributed by atoms with Crippen molar-refractivity contribution in [1.29, 1.82) is 0 Å². The highest BCUT2D eigenvalue weighted by Gasteiger charge is 2.35. The molecule has 0 saturated heterocycles. The third kappa shape index (κ3) is 9.64. The van der Waals surface area contributed by atoms with Gasteiger partial charge < -0.3 is 15.0 Å². The Morgan fingerprint density at radius 3 is 2.09 bits per heavy atom. The fourth-order valence-corrected chi connectivity index (χ4v) is 6.77. The van der Waals surface area contributed by atoms with Crippen LogP contribution in [0.15, 0.2) is 102 Å². The van der Waals surface area contributed by atoms with Crippen LogP contribution < -0.4 is 14.4 Å². The maximum atomic E-state index is 14.5. The van der Waals surface area contributed by atoms with Gasteiger partial charge in [0.2, 0.25) is 11.8 Å². The van der Waals surface area contributed by atoms with Crippen LogP contribution in [0.25, 0.3) is 0 Å². The maximum absolute atomic E-state index is 14.5. The highest BCUT2D eigenvalue weighted by molar-refractivity contribution is 7.92. The Morgan fingerprint density at radius 2 is 1.49 bits per heavy atom. The molecule has 0 heterocycles. The minimum Gasteiger partial charge on any atom is -0.494 e. The van der Waals surface area contributed by atoms with Crippen LogP contribution >= 0.6 is 34.8 Å². The van der Waals surface area contributed by atoms with E-state index in [-0.39, 0.29) is 40.5 Å². The summed E-state index contributed by atoms with van der Waals surface area (Å²) in [6.07, 6.45) is 0.180. The minimum atomic E-state index is -4.29.